The second kappa shape index (κ2) is 10.3. The Labute approximate surface area is 187 Å². The molecule has 1 saturated heterocycles. The summed E-state index contributed by atoms with van der Waals surface area (Å²) in [6.07, 6.45) is 7.00. The molecule has 2 aromatic rings. The van der Waals surface area contributed by atoms with Crippen LogP contribution in [0.2, 0.25) is 0 Å². The minimum atomic E-state index is -0.499. The van der Waals surface area contributed by atoms with Gasteiger partial charge >= 0.3 is 5.97 Å². The fraction of sp³-hybridized carbons (Fsp3) is 0.400. The maximum absolute atomic E-state index is 12.2. The van der Waals surface area contributed by atoms with Crippen molar-refractivity contribution in [1.29, 1.82) is 0 Å². The zero-order valence-corrected chi connectivity index (χ0v) is 19.5. The number of hydrogen-bond donors (Lipinski definition) is 1. The molecule has 1 heterocycles. The van der Waals surface area contributed by atoms with Gasteiger partial charge < -0.3 is 14.8 Å². The molecule has 1 unspecified atom stereocenters. The van der Waals surface area contributed by atoms with E-state index in [1.54, 1.807) is 0 Å². The van der Waals surface area contributed by atoms with Crippen molar-refractivity contribution in [2.75, 3.05) is 6.54 Å². The van der Waals surface area contributed by atoms with Crippen LogP contribution in [-0.2, 0) is 22.6 Å². The molecule has 3 rings (SSSR count). The molecule has 160 valence electrons. The monoisotopic (exact) mass is 471 g/mol. The van der Waals surface area contributed by atoms with Crippen LogP contribution in [0.15, 0.2) is 53.0 Å². The van der Waals surface area contributed by atoms with Gasteiger partial charge in [-0.05, 0) is 75.5 Å². The highest BCUT2D eigenvalue weighted by molar-refractivity contribution is 9.10. The molecular weight excluding hydrogens is 442 g/mol. The predicted octanol–water partition coefficient (Wildman–Crippen LogP) is 5.68. The molecule has 0 spiro atoms. The second-order valence-electron chi connectivity index (χ2n) is 8.61. The minimum absolute atomic E-state index is 0.189. The summed E-state index contributed by atoms with van der Waals surface area (Å²) in [6.45, 7) is 7.13. The zero-order chi connectivity index (χ0) is 21.6. The lowest BCUT2D eigenvalue weighted by Gasteiger charge is -2.20. The maximum Gasteiger partial charge on any atom is 0.310 e. The highest BCUT2D eigenvalue weighted by Gasteiger charge is 2.18. The molecule has 0 radical (unpaired) electrons. The lowest BCUT2D eigenvalue weighted by Crippen LogP contribution is -2.25. The number of esters is 1. The van der Waals surface area contributed by atoms with Crippen LogP contribution in [0.5, 0.6) is 5.75 Å². The lowest BCUT2D eigenvalue weighted by molar-refractivity contribution is -0.153. The summed E-state index contributed by atoms with van der Waals surface area (Å²) in [5.41, 5.74) is 2.53. The van der Waals surface area contributed by atoms with Crippen molar-refractivity contribution < 1.29 is 14.3 Å². The average molecular weight is 472 g/mol. The Hall–Kier alpha value is -2.11. The summed E-state index contributed by atoms with van der Waals surface area (Å²) in [5, 5.41) is 3.48. The van der Waals surface area contributed by atoms with Crippen molar-refractivity contribution in [3.05, 3.63) is 69.7 Å². The Morgan fingerprint density at radius 1 is 1.23 bits per heavy atom. The smallest absolute Gasteiger partial charge is 0.310 e. The second-order valence-corrected chi connectivity index (χ2v) is 9.53. The van der Waals surface area contributed by atoms with E-state index in [9.17, 15) is 4.79 Å². The maximum atomic E-state index is 12.2. The van der Waals surface area contributed by atoms with Gasteiger partial charge in [-0.25, -0.2) is 0 Å². The molecule has 1 fully saturated rings. The Kier molecular flexibility index (Phi) is 7.73. The van der Waals surface area contributed by atoms with E-state index in [0.29, 0.717) is 18.4 Å². The predicted molar refractivity (Wildman–Crippen MR) is 125 cm³/mol. The van der Waals surface area contributed by atoms with Gasteiger partial charge in [-0.15, -0.1) is 0 Å². The third kappa shape index (κ3) is 7.29. The van der Waals surface area contributed by atoms with Crippen LogP contribution in [0.4, 0.5) is 0 Å². The first-order valence-electron chi connectivity index (χ1n) is 10.4. The number of rotatable bonds is 7. The Balaban J connectivity index is 1.66. The van der Waals surface area contributed by atoms with Crippen LogP contribution >= 0.6 is 15.9 Å². The number of para-hydroxylation sites is 1. The molecule has 1 aliphatic heterocycles. The van der Waals surface area contributed by atoms with Gasteiger partial charge in [0.1, 0.15) is 18.0 Å². The third-order valence-corrected chi connectivity index (χ3v) is 5.18. The SMILES string of the molecule is CC(C)(C)OC(=O)Cc1ccccc1OCc1cc(Br)cc(C=CC2CCCN2)c1. The molecule has 0 saturated carbocycles. The molecule has 1 aliphatic rings. The van der Waals surface area contributed by atoms with E-state index < -0.39 is 5.60 Å². The molecule has 0 aliphatic carbocycles. The molecule has 5 heteroatoms. The molecule has 2 aromatic carbocycles. The van der Waals surface area contributed by atoms with Crippen molar-refractivity contribution in [2.45, 2.75) is 58.3 Å². The normalized spacial score (nSPS) is 16.7. The number of carbonyl (C=O) groups excluding carboxylic acids is 1. The third-order valence-electron chi connectivity index (χ3n) is 4.72. The zero-order valence-electron chi connectivity index (χ0n) is 17.9. The van der Waals surface area contributed by atoms with Crippen LogP contribution in [0.1, 0.15) is 50.3 Å². The number of nitrogens with one attached hydrogen (secondary N) is 1. The molecule has 0 aromatic heterocycles. The fourth-order valence-electron chi connectivity index (χ4n) is 3.44. The fourth-order valence-corrected chi connectivity index (χ4v) is 4.00. The largest absolute Gasteiger partial charge is 0.489 e. The van der Waals surface area contributed by atoms with E-state index in [-0.39, 0.29) is 12.4 Å². The standard InChI is InChI=1S/C25H30BrNO3/c1-25(2,3)30-24(28)16-20-7-4-5-9-23(20)29-17-19-13-18(14-21(26)15-19)10-11-22-8-6-12-27-22/h4-5,7,9-11,13-15,22,27H,6,8,12,16-17H2,1-3H3. The summed E-state index contributed by atoms with van der Waals surface area (Å²) in [5.74, 6) is 0.449. The average Bonchev–Trinajstić information content (AvgIpc) is 3.17. The molecule has 30 heavy (non-hydrogen) atoms. The summed E-state index contributed by atoms with van der Waals surface area (Å²) in [7, 11) is 0. The van der Waals surface area contributed by atoms with Gasteiger partial charge in [0.2, 0.25) is 0 Å². The van der Waals surface area contributed by atoms with Crippen LogP contribution in [0.3, 0.4) is 0 Å². The number of carbonyl (C=O) groups is 1. The summed E-state index contributed by atoms with van der Waals surface area (Å²) in [6, 6.07) is 14.4. The number of halogens is 1. The molecule has 0 amide bonds. The van der Waals surface area contributed by atoms with Gasteiger partial charge in [-0.3, -0.25) is 4.79 Å². The molecule has 1 atom stereocenters. The number of hydrogen-bond acceptors (Lipinski definition) is 4. The number of benzene rings is 2. The molecular formula is C25H30BrNO3. The Morgan fingerprint density at radius 3 is 2.77 bits per heavy atom. The van der Waals surface area contributed by atoms with Crippen molar-refractivity contribution in [3.8, 4) is 5.75 Å². The Bertz CT molecular complexity index is 896. The first-order chi connectivity index (χ1) is 14.3. The molecule has 4 nitrogen and oxygen atoms in total. The summed E-state index contributed by atoms with van der Waals surface area (Å²) in [4.78, 5) is 12.2. The van der Waals surface area contributed by atoms with Crippen molar-refractivity contribution in [3.63, 3.8) is 0 Å². The number of ether oxygens (including phenoxy) is 2. The first-order valence-corrected chi connectivity index (χ1v) is 11.2. The van der Waals surface area contributed by atoms with Crippen molar-refractivity contribution in [2.24, 2.45) is 0 Å². The van der Waals surface area contributed by atoms with E-state index >= 15 is 0 Å². The van der Waals surface area contributed by atoms with Crippen LogP contribution in [-0.4, -0.2) is 24.2 Å². The van der Waals surface area contributed by atoms with Gasteiger partial charge in [0.25, 0.3) is 0 Å². The van der Waals surface area contributed by atoms with Gasteiger partial charge in [0.05, 0.1) is 6.42 Å². The van der Waals surface area contributed by atoms with Gasteiger partial charge in [-0.1, -0.05) is 46.3 Å². The van der Waals surface area contributed by atoms with E-state index in [4.69, 9.17) is 9.47 Å². The quantitative estimate of drug-likeness (QED) is 0.527. The van der Waals surface area contributed by atoms with Crippen molar-refractivity contribution >= 4 is 28.0 Å². The van der Waals surface area contributed by atoms with Crippen LogP contribution in [0, 0.1) is 0 Å². The van der Waals surface area contributed by atoms with E-state index in [1.165, 1.54) is 12.8 Å². The minimum Gasteiger partial charge on any atom is -0.489 e. The van der Waals surface area contributed by atoms with Gasteiger partial charge in [-0.2, -0.15) is 0 Å². The van der Waals surface area contributed by atoms with Crippen LogP contribution in [0.25, 0.3) is 6.08 Å². The molecule has 0 bridgehead atoms. The highest BCUT2D eigenvalue weighted by Crippen LogP contribution is 2.23. The van der Waals surface area contributed by atoms with E-state index in [1.807, 2.05) is 45.0 Å². The lowest BCUT2D eigenvalue weighted by atomic mass is 10.1. The Morgan fingerprint density at radius 2 is 2.03 bits per heavy atom. The van der Waals surface area contributed by atoms with Gasteiger partial charge in [0, 0.05) is 16.1 Å². The first kappa shape index (κ1) is 22.6. The van der Waals surface area contributed by atoms with Gasteiger partial charge in [0.15, 0.2) is 0 Å². The summed E-state index contributed by atoms with van der Waals surface area (Å²) < 4.78 is 12.5. The van der Waals surface area contributed by atoms with Crippen LogP contribution < -0.4 is 10.1 Å². The summed E-state index contributed by atoms with van der Waals surface area (Å²) >= 11 is 3.60. The highest BCUT2D eigenvalue weighted by atomic mass is 79.9. The molecule has 1 N–H and O–H groups in total. The van der Waals surface area contributed by atoms with E-state index in [0.717, 1.165) is 27.7 Å². The topological polar surface area (TPSA) is 47.6 Å². The van der Waals surface area contributed by atoms with E-state index in [2.05, 4.69) is 51.6 Å². The van der Waals surface area contributed by atoms with Crippen molar-refractivity contribution in [1.82, 2.24) is 5.32 Å².